The van der Waals surface area contributed by atoms with E-state index >= 15 is 0 Å². The van der Waals surface area contributed by atoms with Gasteiger partial charge in [-0.05, 0) is 72.3 Å². The van der Waals surface area contributed by atoms with Crippen LogP contribution in [0.15, 0.2) is 117 Å². The smallest absolute Gasteiger partial charge is 0.338 e. The van der Waals surface area contributed by atoms with E-state index in [2.05, 4.69) is 0 Å². The first-order chi connectivity index (χ1) is 23.8. The number of carboxylic acids is 1. The molecule has 1 aliphatic rings. The summed E-state index contributed by atoms with van der Waals surface area (Å²) in [6.07, 6.45) is 3.75. The zero-order valence-corrected chi connectivity index (χ0v) is 28.5. The van der Waals surface area contributed by atoms with Gasteiger partial charge in [0.25, 0.3) is 5.56 Å². The molecule has 0 saturated heterocycles. The third-order valence-electron chi connectivity index (χ3n) is 7.86. The van der Waals surface area contributed by atoms with E-state index in [0.717, 1.165) is 16.0 Å². The number of carboxylic acid groups (broad SMARTS) is 1. The molecule has 1 aromatic heterocycles. The lowest BCUT2D eigenvalue weighted by molar-refractivity contribution is -0.138. The van der Waals surface area contributed by atoms with Gasteiger partial charge in [-0.2, -0.15) is 0 Å². The Labute approximate surface area is 290 Å². The maximum absolute atomic E-state index is 14.3. The molecule has 0 saturated carbocycles. The maximum atomic E-state index is 14.3. The van der Waals surface area contributed by atoms with Gasteiger partial charge in [0.2, 0.25) is 0 Å². The first-order valence-electron chi connectivity index (χ1n) is 15.4. The van der Waals surface area contributed by atoms with Crippen LogP contribution in [0.3, 0.4) is 0 Å². The van der Waals surface area contributed by atoms with Crippen LogP contribution in [0.25, 0.3) is 11.8 Å². The summed E-state index contributed by atoms with van der Waals surface area (Å²) in [6.45, 7) is 2.06. The highest BCUT2D eigenvalue weighted by atomic mass is 32.2. The van der Waals surface area contributed by atoms with Crippen molar-refractivity contribution in [2.24, 2.45) is 4.99 Å². The molecule has 0 aliphatic carbocycles. The van der Waals surface area contributed by atoms with Crippen molar-refractivity contribution in [3.05, 3.63) is 150 Å². The number of aromatic nitrogens is 1. The molecule has 9 nitrogen and oxygen atoms in total. The number of rotatable bonds is 11. The van der Waals surface area contributed by atoms with Crippen molar-refractivity contribution in [3.63, 3.8) is 0 Å². The zero-order valence-electron chi connectivity index (χ0n) is 26.9. The number of carbonyl (C=O) groups excluding carboxylic acids is 1. The van der Waals surface area contributed by atoms with E-state index in [1.807, 2.05) is 66.9 Å². The van der Waals surface area contributed by atoms with Gasteiger partial charge in [0, 0.05) is 10.5 Å². The van der Waals surface area contributed by atoms with Crippen molar-refractivity contribution in [1.82, 2.24) is 4.57 Å². The molecule has 0 unspecified atom stereocenters. The molecule has 1 aliphatic heterocycles. The molecule has 0 bridgehead atoms. The molecule has 11 heteroatoms. The van der Waals surface area contributed by atoms with Crippen LogP contribution in [0.1, 0.15) is 45.6 Å². The third kappa shape index (κ3) is 7.08. The molecule has 0 spiro atoms. The molecular formula is C38H32N2O7S2. The zero-order chi connectivity index (χ0) is 34.5. The van der Waals surface area contributed by atoms with Crippen molar-refractivity contribution >= 4 is 46.8 Å². The molecule has 5 aromatic rings. The van der Waals surface area contributed by atoms with Crippen LogP contribution in [-0.4, -0.2) is 41.6 Å². The van der Waals surface area contributed by atoms with E-state index in [1.54, 1.807) is 59.7 Å². The summed E-state index contributed by atoms with van der Waals surface area (Å²) in [5.74, 6) is -0.642. The molecule has 4 aromatic carbocycles. The summed E-state index contributed by atoms with van der Waals surface area (Å²) in [5.41, 5.74) is 3.52. The fourth-order valence-corrected chi connectivity index (χ4v) is 6.95. The van der Waals surface area contributed by atoms with Gasteiger partial charge >= 0.3 is 11.9 Å². The summed E-state index contributed by atoms with van der Waals surface area (Å²) >= 11 is 2.84. The number of aromatic carboxylic acids is 1. The number of hydrogen-bond acceptors (Lipinski definition) is 9. The number of thioether (sulfide) groups is 1. The summed E-state index contributed by atoms with van der Waals surface area (Å²) < 4.78 is 19.1. The van der Waals surface area contributed by atoms with Crippen LogP contribution >= 0.6 is 23.1 Å². The number of carbonyl (C=O) groups is 2. The Bertz CT molecular complexity index is 2240. The molecule has 0 radical (unpaired) electrons. The Hall–Kier alpha value is -5.39. The summed E-state index contributed by atoms with van der Waals surface area (Å²) in [5, 5.41) is 9.30. The number of thiazole rings is 1. The predicted octanol–water partition coefficient (Wildman–Crippen LogP) is 5.94. The van der Waals surface area contributed by atoms with E-state index < -0.39 is 18.0 Å². The molecule has 1 atom stereocenters. The van der Waals surface area contributed by atoms with Crippen LogP contribution in [0.5, 0.6) is 11.5 Å². The molecule has 49 heavy (non-hydrogen) atoms. The van der Waals surface area contributed by atoms with Crippen molar-refractivity contribution < 1.29 is 28.9 Å². The first kappa shape index (κ1) is 33.5. The maximum Gasteiger partial charge on any atom is 0.338 e. The average Bonchev–Trinajstić information content (AvgIpc) is 3.44. The molecule has 2 heterocycles. The van der Waals surface area contributed by atoms with Crippen LogP contribution in [0.4, 0.5) is 0 Å². The highest BCUT2D eigenvalue weighted by Gasteiger charge is 2.35. The second kappa shape index (κ2) is 14.8. The van der Waals surface area contributed by atoms with Crippen LogP contribution in [-0.2, 0) is 16.1 Å². The van der Waals surface area contributed by atoms with Crippen molar-refractivity contribution in [2.75, 3.05) is 20.0 Å². The van der Waals surface area contributed by atoms with Gasteiger partial charge in [-0.15, -0.1) is 11.8 Å². The van der Waals surface area contributed by atoms with E-state index in [1.165, 1.54) is 24.5 Å². The van der Waals surface area contributed by atoms with E-state index in [4.69, 9.17) is 19.2 Å². The summed E-state index contributed by atoms with van der Waals surface area (Å²) in [6, 6.07) is 28.3. The van der Waals surface area contributed by atoms with Crippen LogP contribution < -0.4 is 24.4 Å². The Balaban J connectivity index is 1.44. The van der Waals surface area contributed by atoms with Crippen molar-refractivity contribution in [2.45, 2.75) is 24.5 Å². The Morgan fingerprint density at radius 2 is 1.76 bits per heavy atom. The second-order valence-corrected chi connectivity index (χ2v) is 12.8. The molecule has 0 fully saturated rings. The fraction of sp³-hybridized carbons (Fsp3) is 0.158. The SMILES string of the molecule is CCOC(=O)C1=C(c2ccccc2)N=c2s/c(=C\c3ccc(OCc4cccc(C(=O)O)c4)c(OC)c3)c(=O)n2[C@H]1c1ccc(SC)cc1. The van der Waals surface area contributed by atoms with Gasteiger partial charge in [-0.1, -0.05) is 72.0 Å². The number of benzene rings is 4. The Morgan fingerprint density at radius 1 is 0.980 bits per heavy atom. The molecule has 6 rings (SSSR count). The van der Waals surface area contributed by atoms with Gasteiger partial charge in [0.05, 0.1) is 41.1 Å². The van der Waals surface area contributed by atoms with Crippen molar-refractivity contribution in [3.8, 4) is 11.5 Å². The van der Waals surface area contributed by atoms with Crippen LogP contribution in [0, 0.1) is 0 Å². The highest BCUT2D eigenvalue weighted by molar-refractivity contribution is 7.98. The monoisotopic (exact) mass is 692 g/mol. The van der Waals surface area contributed by atoms with Gasteiger partial charge in [0.1, 0.15) is 6.61 Å². The van der Waals surface area contributed by atoms with E-state index in [0.29, 0.717) is 43.2 Å². The van der Waals surface area contributed by atoms with Gasteiger partial charge in [-0.25, -0.2) is 14.6 Å². The highest BCUT2D eigenvalue weighted by Crippen LogP contribution is 2.36. The topological polar surface area (TPSA) is 116 Å². The summed E-state index contributed by atoms with van der Waals surface area (Å²) in [4.78, 5) is 45.7. The molecular weight excluding hydrogens is 661 g/mol. The standard InChI is InChI=1S/C38H32N2O7S2/c1-4-46-37(44)32-33(25-10-6-5-7-11-25)39-38-40(34(32)26-14-16-28(48-3)17-15-26)35(41)31(49-38)21-23-13-18-29(30(20-23)45-2)47-22-24-9-8-12-27(19-24)36(42)43/h5-21,34H,4,22H2,1-3H3,(H,42,43)/b31-21-/t34-/m0/s1. The fourth-order valence-electron chi connectivity index (χ4n) is 5.54. The normalized spacial score (nSPS) is 14.2. The molecule has 0 amide bonds. The lowest BCUT2D eigenvalue weighted by atomic mass is 9.93. The first-order valence-corrected chi connectivity index (χ1v) is 17.4. The number of hydrogen-bond donors (Lipinski definition) is 1. The minimum atomic E-state index is -1.01. The molecule has 248 valence electrons. The third-order valence-corrected chi connectivity index (χ3v) is 9.59. The predicted molar refractivity (Wildman–Crippen MR) is 190 cm³/mol. The average molecular weight is 693 g/mol. The lowest BCUT2D eigenvalue weighted by Gasteiger charge is -2.26. The molecule has 1 N–H and O–H groups in total. The number of esters is 1. The number of ether oxygens (including phenoxy) is 3. The van der Waals surface area contributed by atoms with Gasteiger partial charge < -0.3 is 19.3 Å². The minimum absolute atomic E-state index is 0.139. The minimum Gasteiger partial charge on any atom is -0.493 e. The van der Waals surface area contributed by atoms with E-state index in [9.17, 15) is 19.5 Å². The largest absolute Gasteiger partial charge is 0.493 e. The van der Waals surface area contributed by atoms with E-state index in [-0.39, 0.29) is 24.3 Å². The lowest BCUT2D eigenvalue weighted by Crippen LogP contribution is -2.40. The van der Waals surface area contributed by atoms with Crippen LogP contribution in [0.2, 0.25) is 0 Å². The number of methoxy groups -OCH3 is 1. The quantitative estimate of drug-likeness (QED) is 0.134. The number of fused-ring (bicyclic) bond motifs is 1. The summed E-state index contributed by atoms with van der Waals surface area (Å²) in [7, 11) is 1.52. The number of nitrogens with zero attached hydrogens (tertiary/aromatic N) is 2. The van der Waals surface area contributed by atoms with Gasteiger partial charge in [-0.3, -0.25) is 9.36 Å². The van der Waals surface area contributed by atoms with Crippen molar-refractivity contribution in [1.29, 1.82) is 0 Å². The second-order valence-electron chi connectivity index (χ2n) is 10.9. The van der Waals surface area contributed by atoms with Gasteiger partial charge in [0.15, 0.2) is 16.3 Å². The Morgan fingerprint density at radius 3 is 2.45 bits per heavy atom. The Kier molecular flexibility index (Phi) is 10.1.